The highest BCUT2D eigenvalue weighted by Gasteiger charge is 2.21. The normalized spacial score (nSPS) is 16.6. The summed E-state index contributed by atoms with van der Waals surface area (Å²) < 4.78 is 0. The summed E-state index contributed by atoms with van der Waals surface area (Å²) in [7, 11) is 0. The number of hydrogen-bond donors (Lipinski definition) is 1. The number of aryl methyl sites for hydroxylation is 2. The minimum Gasteiger partial charge on any atom is -0.312 e. The van der Waals surface area contributed by atoms with Gasteiger partial charge < -0.3 is 5.32 Å². The predicted octanol–water partition coefficient (Wildman–Crippen LogP) is 4.07. The third-order valence-corrected chi connectivity index (χ3v) is 4.42. The Bertz CT molecular complexity index is 445. The minimum atomic E-state index is 0.201. The number of hydrogen-bond acceptors (Lipinski definition) is 3. The Kier molecular flexibility index (Phi) is 5.37. The van der Waals surface area contributed by atoms with Crippen molar-refractivity contribution in [1.82, 2.24) is 15.3 Å². The molecule has 118 valence electrons. The third-order valence-electron chi connectivity index (χ3n) is 4.42. The van der Waals surface area contributed by atoms with Gasteiger partial charge in [-0.2, -0.15) is 0 Å². The van der Waals surface area contributed by atoms with Crippen LogP contribution in [0.3, 0.4) is 0 Å². The average molecular weight is 289 g/mol. The highest BCUT2D eigenvalue weighted by molar-refractivity contribution is 5.25. The van der Waals surface area contributed by atoms with E-state index in [0.717, 1.165) is 25.2 Å². The molecule has 0 aromatic carbocycles. The predicted molar refractivity (Wildman–Crippen MR) is 88.8 cm³/mol. The lowest BCUT2D eigenvalue weighted by Crippen LogP contribution is -2.36. The maximum absolute atomic E-state index is 4.81. The van der Waals surface area contributed by atoms with Crippen molar-refractivity contribution in [3.8, 4) is 0 Å². The molecule has 0 radical (unpaired) electrons. The van der Waals surface area contributed by atoms with Gasteiger partial charge in [0.25, 0.3) is 0 Å². The molecule has 3 nitrogen and oxygen atoms in total. The molecule has 0 bridgehead atoms. The zero-order valence-corrected chi connectivity index (χ0v) is 14.4. The van der Waals surface area contributed by atoms with Crippen LogP contribution in [0.15, 0.2) is 0 Å². The van der Waals surface area contributed by atoms with Gasteiger partial charge in [-0.1, -0.05) is 12.8 Å². The molecule has 0 amide bonds. The van der Waals surface area contributed by atoms with Crippen LogP contribution in [0.4, 0.5) is 0 Å². The van der Waals surface area contributed by atoms with Gasteiger partial charge in [0.15, 0.2) is 0 Å². The molecule has 1 aliphatic carbocycles. The maximum atomic E-state index is 4.81. The van der Waals surface area contributed by atoms with Gasteiger partial charge in [-0.3, -0.25) is 0 Å². The fourth-order valence-corrected chi connectivity index (χ4v) is 3.22. The third kappa shape index (κ3) is 4.77. The lowest BCUT2D eigenvalue weighted by atomic mass is 10.0. The molecular formula is C18H31N3. The van der Waals surface area contributed by atoms with E-state index >= 15 is 0 Å². The highest BCUT2D eigenvalue weighted by atomic mass is 14.9. The van der Waals surface area contributed by atoms with E-state index in [9.17, 15) is 0 Å². The summed E-state index contributed by atoms with van der Waals surface area (Å²) in [5, 5.41) is 3.55. The van der Waals surface area contributed by atoms with Gasteiger partial charge in [0.05, 0.1) is 0 Å². The Morgan fingerprint density at radius 3 is 2.14 bits per heavy atom. The van der Waals surface area contributed by atoms with Crippen molar-refractivity contribution in [2.45, 2.75) is 84.6 Å². The van der Waals surface area contributed by atoms with Crippen LogP contribution in [0, 0.1) is 13.8 Å². The zero-order chi connectivity index (χ0) is 15.5. The molecule has 1 aliphatic rings. The number of aromatic nitrogens is 2. The van der Waals surface area contributed by atoms with Crippen LogP contribution in [-0.4, -0.2) is 22.1 Å². The number of nitrogens with one attached hydrogen (secondary N) is 1. The Morgan fingerprint density at radius 2 is 1.62 bits per heavy atom. The molecule has 0 spiro atoms. The molecule has 0 saturated heterocycles. The first kappa shape index (κ1) is 16.4. The SMILES string of the molecule is Cc1nc(C2CCCC2)nc(C)c1CCCNC(C)(C)C. The van der Waals surface area contributed by atoms with Gasteiger partial charge >= 0.3 is 0 Å². The van der Waals surface area contributed by atoms with Crippen LogP contribution in [0.5, 0.6) is 0 Å². The fourth-order valence-electron chi connectivity index (χ4n) is 3.22. The average Bonchev–Trinajstić information content (AvgIpc) is 2.89. The van der Waals surface area contributed by atoms with Gasteiger partial charge in [-0.25, -0.2) is 9.97 Å². The van der Waals surface area contributed by atoms with E-state index in [4.69, 9.17) is 9.97 Å². The van der Waals surface area contributed by atoms with Crippen molar-refractivity contribution in [3.63, 3.8) is 0 Å². The summed E-state index contributed by atoms with van der Waals surface area (Å²) in [6.45, 7) is 12.0. The Morgan fingerprint density at radius 1 is 1.05 bits per heavy atom. The highest BCUT2D eigenvalue weighted by Crippen LogP contribution is 2.32. The monoisotopic (exact) mass is 289 g/mol. The van der Waals surface area contributed by atoms with Gasteiger partial charge in [-0.05, 0) is 72.4 Å². The van der Waals surface area contributed by atoms with E-state index in [1.807, 2.05) is 0 Å². The summed E-state index contributed by atoms with van der Waals surface area (Å²) in [6, 6.07) is 0. The summed E-state index contributed by atoms with van der Waals surface area (Å²) in [6.07, 6.45) is 7.44. The van der Waals surface area contributed by atoms with Gasteiger partial charge in [0, 0.05) is 22.8 Å². The van der Waals surface area contributed by atoms with Crippen LogP contribution >= 0.6 is 0 Å². The van der Waals surface area contributed by atoms with Crippen molar-refractivity contribution in [3.05, 3.63) is 22.8 Å². The molecular weight excluding hydrogens is 258 g/mol. The van der Waals surface area contributed by atoms with Crippen LogP contribution < -0.4 is 5.32 Å². The molecule has 0 unspecified atom stereocenters. The Balaban J connectivity index is 1.97. The van der Waals surface area contributed by atoms with Crippen LogP contribution in [0.1, 0.15) is 81.6 Å². The van der Waals surface area contributed by atoms with Gasteiger partial charge in [-0.15, -0.1) is 0 Å². The van der Waals surface area contributed by atoms with E-state index in [0.29, 0.717) is 5.92 Å². The molecule has 3 heteroatoms. The number of rotatable bonds is 5. The van der Waals surface area contributed by atoms with Crippen molar-refractivity contribution in [1.29, 1.82) is 0 Å². The molecule has 0 aliphatic heterocycles. The summed E-state index contributed by atoms with van der Waals surface area (Å²) in [5.74, 6) is 1.71. The molecule has 21 heavy (non-hydrogen) atoms. The number of nitrogens with zero attached hydrogens (tertiary/aromatic N) is 2. The molecule has 2 rings (SSSR count). The summed E-state index contributed by atoms with van der Waals surface area (Å²) >= 11 is 0. The molecule has 1 saturated carbocycles. The van der Waals surface area contributed by atoms with Crippen molar-refractivity contribution >= 4 is 0 Å². The zero-order valence-electron chi connectivity index (χ0n) is 14.4. The Hall–Kier alpha value is -0.960. The minimum absolute atomic E-state index is 0.201. The second-order valence-corrected chi connectivity index (χ2v) is 7.49. The summed E-state index contributed by atoms with van der Waals surface area (Å²) in [4.78, 5) is 9.62. The largest absolute Gasteiger partial charge is 0.312 e. The fraction of sp³-hybridized carbons (Fsp3) is 0.778. The van der Waals surface area contributed by atoms with Crippen LogP contribution in [0.2, 0.25) is 0 Å². The molecule has 1 aromatic rings. The van der Waals surface area contributed by atoms with Crippen molar-refractivity contribution < 1.29 is 0 Å². The van der Waals surface area contributed by atoms with E-state index in [2.05, 4.69) is 39.9 Å². The first-order valence-electron chi connectivity index (χ1n) is 8.46. The standard InChI is InChI=1S/C18H31N3/c1-13-16(11-8-12-19-18(3,4)5)14(2)21-17(20-13)15-9-6-7-10-15/h15,19H,6-12H2,1-5H3. The first-order chi connectivity index (χ1) is 9.87. The smallest absolute Gasteiger partial charge is 0.131 e. The molecule has 0 atom stereocenters. The van der Waals surface area contributed by atoms with Crippen molar-refractivity contribution in [2.75, 3.05) is 6.54 Å². The second-order valence-electron chi connectivity index (χ2n) is 7.49. The van der Waals surface area contributed by atoms with Gasteiger partial charge in [0.2, 0.25) is 0 Å². The Labute approximate surface area is 130 Å². The topological polar surface area (TPSA) is 37.8 Å². The maximum Gasteiger partial charge on any atom is 0.131 e. The van der Waals surface area contributed by atoms with Crippen molar-refractivity contribution in [2.24, 2.45) is 0 Å². The lowest BCUT2D eigenvalue weighted by Gasteiger charge is -2.20. The second kappa shape index (κ2) is 6.87. The molecule has 1 N–H and O–H groups in total. The first-order valence-corrected chi connectivity index (χ1v) is 8.46. The lowest BCUT2D eigenvalue weighted by molar-refractivity contribution is 0.422. The van der Waals surface area contributed by atoms with E-state index < -0.39 is 0 Å². The quantitative estimate of drug-likeness (QED) is 0.830. The van der Waals surface area contributed by atoms with Crippen LogP contribution in [-0.2, 0) is 6.42 Å². The summed E-state index contributed by atoms with van der Waals surface area (Å²) in [5.41, 5.74) is 3.94. The molecule has 1 heterocycles. The van der Waals surface area contributed by atoms with E-state index in [-0.39, 0.29) is 5.54 Å². The molecule has 1 aromatic heterocycles. The molecule has 1 fully saturated rings. The van der Waals surface area contributed by atoms with E-state index in [1.54, 1.807) is 0 Å². The van der Waals surface area contributed by atoms with Crippen LogP contribution in [0.25, 0.3) is 0 Å². The van der Waals surface area contributed by atoms with Gasteiger partial charge in [0.1, 0.15) is 5.82 Å². The van der Waals surface area contributed by atoms with E-state index in [1.165, 1.54) is 42.6 Å².